The summed E-state index contributed by atoms with van der Waals surface area (Å²) in [6, 6.07) is 7.09. The first-order chi connectivity index (χ1) is 18.5. The maximum absolute atomic E-state index is 14.2. The molecule has 0 spiro atoms. The molecule has 10 nitrogen and oxygen atoms in total. The van der Waals surface area contributed by atoms with Crippen LogP contribution in [0.2, 0.25) is 0 Å². The van der Waals surface area contributed by atoms with E-state index in [-0.39, 0.29) is 36.2 Å². The zero-order valence-corrected chi connectivity index (χ0v) is 24.2. The summed E-state index contributed by atoms with van der Waals surface area (Å²) in [5.41, 5.74) is 0.943. The van der Waals surface area contributed by atoms with Crippen molar-refractivity contribution < 1.29 is 22.8 Å². The number of carbonyl (C=O) groups is 3. The number of likely N-dealkylation sites (tertiary alicyclic amines) is 1. The topological polar surface area (TPSA) is 128 Å². The molecular weight excluding hydrogens is 518 g/mol. The highest BCUT2D eigenvalue weighted by molar-refractivity contribution is 7.88. The van der Waals surface area contributed by atoms with Gasteiger partial charge in [0.25, 0.3) is 0 Å². The van der Waals surface area contributed by atoms with Gasteiger partial charge in [0.15, 0.2) is 0 Å². The SMILES string of the molecule is CN[C@@H](C)C(=O)N[C@H](C(=O)N1CC[C@@H]2[C@H]1[C@@H](C(=O)N[C@H](C)c1ccccc1)CN2S(C)(=O)=O)C1CCCCC1. The number of hydrogen-bond donors (Lipinski definition) is 3. The summed E-state index contributed by atoms with van der Waals surface area (Å²) in [6.07, 6.45) is 6.43. The van der Waals surface area contributed by atoms with Gasteiger partial charge in [-0.1, -0.05) is 49.6 Å². The Morgan fingerprint density at radius 1 is 0.974 bits per heavy atom. The Labute approximate surface area is 232 Å². The number of nitrogens with one attached hydrogen (secondary N) is 3. The summed E-state index contributed by atoms with van der Waals surface area (Å²) in [5, 5.41) is 8.99. The summed E-state index contributed by atoms with van der Waals surface area (Å²) in [5.74, 6) is -1.42. The van der Waals surface area contributed by atoms with E-state index in [9.17, 15) is 22.8 Å². The molecule has 11 heteroatoms. The van der Waals surface area contributed by atoms with Gasteiger partial charge in [-0.2, -0.15) is 4.31 Å². The summed E-state index contributed by atoms with van der Waals surface area (Å²) in [4.78, 5) is 42.4. The van der Waals surface area contributed by atoms with Crippen molar-refractivity contribution in [2.24, 2.45) is 11.8 Å². The zero-order chi connectivity index (χ0) is 28.3. The first-order valence-corrected chi connectivity index (χ1v) is 16.0. The fourth-order valence-corrected chi connectivity index (χ4v) is 7.65. The van der Waals surface area contributed by atoms with Crippen LogP contribution < -0.4 is 16.0 Å². The summed E-state index contributed by atoms with van der Waals surface area (Å²) >= 11 is 0. The quantitative estimate of drug-likeness (QED) is 0.418. The van der Waals surface area contributed by atoms with Gasteiger partial charge in [0.2, 0.25) is 27.7 Å². The van der Waals surface area contributed by atoms with E-state index in [1.54, 1.807) is 18.9 Å². The van der Waals surface area contributed by atoms with Gasteiger partial charge in [-0.05, 0) is 51.6 Å². The van der Waals surface area contributed by atoms with E-state index in [0.717, 1.165) is 43.9 Å². The van der Waals surface area contributed by atoms with Crippen LogP contribution in [-0.2, 0) is 24.4 Å². The highest BCUT2D eigenvalue weighted by atomic mass is 32.2. The molecule has 2 aliphatic heterocycles. The number of rotatable bonds is 9. The molecule has 39 heavy (non-hydrogen) atoms. The standard InChI is InChI=1S/C28H43N5O5S/c1-18(20-11-7-5-8-12-20)30-27(35)22-17-33(39(4,37)38)23-15-16-32(25(22)23)28(36)24(21-13-9-6-10-14-21)31-26(34)19(2)29-3/h5,7-8,11-12,18-19,21-25,29H,6,9-10,13-17H2,1-4H3,(H,30,35)(H,31,34)/t18-,19+,22+,23-,24+,25-/m1/s1. The van der Waals surface area contributed by atoms with E-state index < -0.39 is 40.1 Å². The molecule has 3 aliphatic rings. The Morgan fingerprint density at radius 2 is 1.64 bits per heavy atom. The fraction of sp³-hybridized carbons (Fsp3) is 0.679. The lowest BCUT2D eigenvalue weighted by molar-refractivity contribution is -0.141. The van der Waals surface area contributed by atoms with Crippen LogP contribution in [0.5, 0.6) is 0 Å². The van der Waals surface area contributed by atoms with Crippen LogP contribution in [0.1, 0.15) is 64.0 Å². The average molecular weight is 562 g/mol. The van der Waals surface area contributed by atoms with Gasteiger partial charge in [-0.15, -0.1) is 0 Å². The molecule has 1 aromatic rings. The zero-order valence-electron chi connectivity index (χ0n) is 23.4. The van der Waals surface area contributed by atoms with Gasteiger partial charge in [0.1, 0.15) is 6.04 Å². The van der Waals surface area contributed by atoms with Crippen molar-refractivity contribution in [1.82, 2.24) is 25.2 Å². The fourth-order valence-electron chi connectivity index (χ4n) is 6.49. The van der Waals surface area contributed by atoms with Gasteiger partial charge in [0.05, 0.1) is 30.3 Å². The molecule has 216 valence electrons. The van der Waals surface area contributed by atoms with Crippen molar-refractivity contribution in [1.29, 1.82) is 0 Å². The third-order valence-corrected chi connectivity index (χ3v) is 10.1. The van der Waals surface area contributed by atoms with Crippen LogP contribution in [0.15, 0.2) is 30.3 Å². The molecule has 6 atom stereocenters. The van der Waals surface area contributed by atoms with E-state index in [1.165, 1.54) is 4.31 Å². The number of fused-ring (bicyclic) bond motifs is 1. The molecule has 0 aromatic heterocycles. The summed E-state index contributed by atoms with van der Waals surface area (Å²) in [6.45, 7) is 4.02. The molecule has 3 amide bonds. The molecule has 3 fully saturated rings. The molecule has 3 N–H and O–H groups in total. The maximum Gasteiger partial charge on any atom is 0.245 e. The van der Waals surface area contributed by atoms with Crippen molar-refractivity contribution >= 4 is 27.7 Å². The normalized spacial score (nSPS) is 26.5. The molecule has 0 bridgehead atoms. The largest absolute Gasteiger partial charge is 0.349 e. The van der Waals surface area contributed by atoms with Crippen LogP contribution in [0, 0.1) is 11.8 Å². The minimum atomic E-state index is -3.59. The Balaban J connectivity index is 1.60. The van der Waals surface area contributed by atoms with E-state index >= 15 is 0 Å². The number of hydrogen-bond acceptors (Lipinski definition) is 6. The Bertz CT molecular complexity index is 1140. The molecule has 1 aliphatic carbocycles. The lowest BCUT2D eigenvalue weighted by Gasteiger charge is -2.36. The molecule has 4 rings (SSSR count). The summed E-state index contributed by atoms with van der Waals surface area (Å²) < 4.78 is 26.8. The average Bonchev–Trinajstić information content (AvgIpc) is 3.52. The molecule has 0 radical (unpaired) electrons. The van der Waals surface area contributed by atoms with Crippen molar-refractivity contribution in [2.45, 2.75) is 82.6 Å². The van der Waals surface area contributed by atoms with Gasteiger partial charge >= 0.3 is 0 Å². The Hall–Kier alpha value is -2.50. The van der Waals surface area contributed by atoms with Crippen LogP contribution in [0.4, 0.5) is 0 Å². The van der Waals surface area contributed by atoms with Gasteiger partial charge < -0.3 is 20.9 Å². The Kier molecular flexibility index (Phi) is 9.33. The van der Waals surface area contributed by atoms with Gasteiger partial charge in [0, 0.05) is 19.1 Å². The Morgan fingerprint density at radius 3 is 2.26 bits per heavy atom. The second-order valence-electron chi connectivity index (χ2n) is 11.4. The van der Waals surface area contributed by atoms with Crippen molar-refractivity contribution in [2.75, 3.05) is 26.4 Å². The predicted octanol–water partition coefficient (Wildman–Crippen LogP) is 1.40. The number of likely N-dealkylation sites (N-methyl/N-ethyl adjacent to an activating group) is 1. The van der Waals surface area contributed by atoms with Crippen LogP contribution in [0.25, 0.3) is 0 Å². The maximum atomic E-state index is 14.2. The number of carbonyl (C=O) groups excluding carboxylic acids is 3. The highest BCUT2D eigenvalue weighted by Crippen LogP contribution is 2.39. The van der Waals surface area contributed by atoms with Crippen LogP contribution >= 0.6 is 0 Å². The van der Waals surface area contributed by atoms with E-state index in [2.05, 4.69) is 16.0 Å². The molecule has 1 saturated carbocycles. The number of sulfonamides is 1. The van der Waals surface area contributed by atoms with Crippen molar-refractivity contribution in [3.05, 3.63) is 35.9 Å². The minimum Gasteiger partial charge on any atom is -0.349 e. The third kappa shape index (κ3) is 6.47. The van der Waals surface area contributed by atoms with E-state index in [0.29, 0.717) is 13.0 Å². The smallest absolute Gasteiger partial charge is 0.245 e. The second kappa shape index (κ2) is 12.3. The first-order valence-electron chi connectivity index (χ1n) is 14.1. The second-order valence-corrected chi connectivity index (χ2v) is 13.3. The van der Waals surface area contributed by atoms with E-state index in [1.807, 2.05) is 37.3 Å². The lowest BCUT2D eigenvalue weighted by atomic mass is 9.83. The molecule has 0 unspecified atom stereocenters. The minimum absolute atomic E-state index is 0.0103. The van der Waals surface area contributed by atoms with Gasteiger partial charge in [-0.3, -0.25) is 14.4 Å². The van der Waals surface area contributed by atoms with Crippen molar-refractivity contribution in [3.8, 4) is 0 Å². The first kappa shape index (κ1) is 29.5. The monoisotopic (exact) mass is 561 g/mol. The van der Waals surface area contributed by atoms with E-state index in [4.69, 9.17) is 0 Å². The predicted molar refractivity (Wildman–Crippen MR) is 149 cm³/mol. The number of amides is 3. The molecule has 1 aromatic carbocycles. The van der Waals surface area contributed by atoms with Gasteiger partial charge in [-0.25, -0.2) is 8.42 Å². The van der Waals surface area contributed by atoms with Crippen LogP contribution in [-0.4, -0.2) is 85.9 Å². The van der Waals surface area contributed by atoms with Crippen molar-refractivity contribution in [3.63, 3.8) is 0 Å². The molecular formula is C28H43N5O5S. The summed E-state index contributed by atoms with van der Waals surface area (Å²) in [7, 11) is -1.89. The molecule has 2 saturated heterocycles. The third-order valence-electron chi connectivity index (χ3n) is 8.79. The van der Waals surface area contributed by atoms with Crippen LogP contribution in [0.3, 0.4) is 0 Å². The number of nitrogens with zero attached hydrogens (tertiary/aromatic N) is 2. The highest BCUT2D eigenvalue weighted by Gasteiger charge is 2.56. The number of benzene rings is 1. The lowest BCUT2D eigenvalue weighted by Crippen LogP contribution is -2.58. The molecule has 2 heterocycles.